The van der Waals surface area contributed by atoms with E-state index in [1.807, 2.05) is 59.3 Å². The van der Waals surface area contributed by atoms with Crippen LogP contribution in [0.3, 0.4) is 0 Å². The van der Waals surface area contributed by atoms with Gasteiger partial charge in [-0.05, 0) is 84.3 Å². The predicted octanol–water partition coefficient (Wildman–Crippen LogP) is 14.4. The van der Waals surface area contributed by atoms with E-state index in [0.717, 1.165) is 61.2 Å². The van der Waals surface area contributed by atoms with Crippen LogP contribution in [0.2, 0.25) is 0 Å². The molecule has 0 fully saturated rings. The number of fused-ring (bicyclic) bond motifs is 4. The average Bonchev–Trinajstić information content (AvgIpc) is 3.78. The molecule has 0 aliphatic carbocycles. The zero-order valence-corrected chi connectivity index (χ0v) is 41.3. The van der Waals surface area contributed by atoms with Gasteiger partial charge in [0.25, 0.3) is 6.33 Å². The molecule has 0 bridgehead atoms. The van der Waals surface area contributed by atoms with Crippen LogP contribution in [0.15, 0.2) is 134 Å². The van der Waals surface area contributed by atoms with Crippen molar-refractivity contribution in [1.82, 2.24) is 14.1 Å². The third kappa shape index (κ3) is 8.36. The largest absolute Gasteiger partial charge is 0.510 e. The Morgan fingerprint density at radius 3 is 1.92 bits per heavy atom. The van der Waals surface area contributed by atoms with Gasteiger partial charge in [-0.25, -0.2) is 4.98 Å². The molecule has 3 aromatic heterocycles. The number of aromatic nitrogens is 4. The molecule has 0 aliphatic heterocycles. The molecule has 0 saturated carbocycles. The fraction of sp³-hybridized carbons (Fsp3) is 0.276. The zero-order valence-electron chi connectivity index (χ0n) is 42.0. The molecule has 0 atom stereocenters. The van der Waals surface area contributed by atoms with Crippen molar-refractivity contribution in [1.29, 1.82) is 0 Å². The van der Waals surface area contributed by atoms with E-state index in [1.54, 1.807) is 0 Å². The molecule has 64 heavy (non-hydrogen) atoms. The molecule has 5 nitrogen and oxygen atoms in total. The minimum Gasteiger partial charge on any atom is -0.510 e. The van der Waals surface area contributed by atoms with Crippen molar-refractivity contribution in [2.75, 3.05) is 0 Å². The van der Waals surface area contributed by atoms with E-state index in [9.17, 15) is 4.11 Å². The summed E-state index contributed by atoms with van der Waals surface area (Å²) in [5.41, 5.74) is 8.66. The molecule has 0 unspecified atom stereocenters. The molecule has 0 N–H and O–H groups in total. The number of benzene rings is 6. The van der Waals surface area contributed by atoms with E-state index < -0.39 is 10.8 Å². The maximum Gasteiger partial charge on any atom is 0.268 e. The SMILES string of the molecule is [2H]c1c(-c2cccc(C(C)(C)C)c2-[n+]2[c-]n(-c3[c-]c(Oc4[c-]c5c(cc4)c4ccccc4n5-c4cc(C(C)(C)C)ccn4)ccc3)c3ccccc32)c([2H])c(C(C)(C)C)c([2H])c1C(C)(C)C.[Pt]. The summed E-state index contributed by atoms with van der Waals surface area (Å²) in [5, 5.41) is 2.17. The van der Waals surface area contributed by atoms with Crippen LogP contribution >= 0.6 is 0 Å². The summed E-state index contributed by atoms with van der Waals surface area (Å²) >= 11 is 0. The van der Waals surface area contributed by atoms with Gasteiger partial charge in [0.05, 0.1) is 20.8 Å². The molecular weight excluding hydrogens is 964 g/mol. The van der Waals surface area contributed by atoms with Gasteiger partial charge in [0, 0.05) is 44.3 Å². The van der Waals surface area contributed by atoms with Crippen molar-refractivity contribution in [2.24, 2.45) is 0 Å². The molecule has 0 radical (unpaired) electrons. The topological polar surface area (TPSA) is 35.9 Å². The first-order chi connectivity index (χ1) is 31.0. The molecule has 0 aliphatic rings. The Morgan fingerprint density at radius 2 is 1.23 bits per heavy atom. The van der Waals surface area contributed by atoms with Crippen LogP contribution in [0.25, 0.3) is 61.2 Å². The Balaban J connectivity index is 0.00000608. The summed E-state index contributed by atoms with van der Waals surface area (Å²) in [7, 11) is 0. The summed E-state index contributed by atoms with van der Waals surface area (Å²) in [6.07, 6.45) is 5.61. The van der Waals surface area contributed by atoms with E-state index in [-0.39, 0.29) is 50.0 Å². The Morgan fingerprint density at radius 1 is 0.594 bits per heavy atom. The minimum absolute atomic E-state index is 0. The number of ether oxygens (including phenoxy) is 1. The van der Waals surface area contributed by atoms with E-state index in [1.165, 1.54) is 5.56 Å². The van der Waals surface area contributed by atoms with Crippen LogP contribution in [0.4, 0.5) is 0 Å². The average molecular weight is 1030 g/mol. The zero-order chi connectivity index (χ0) is 47.2. The Bertz CT molecular complexity index is 3330. The van der Waals surface area contributed by atoms with Crippen LogP contribution in [0.5, 0.6) is 11.5 Å². The molecule has 0 spiro atoms. The third-order valence-corrected chi connectivity index (χ3v) is 11.8. The van der Waals surface area contributed by atoms with E-state index >= 15 is 0 Å². The van der Waals surface area contributed by atoms with Crippen molar-refractivity contribution in [3.8, 4) is 39.8 Å². The van der Waals surface area contributed by atoms with Gasteiger partial charge < -0.3 is 13.9 Å². The second-order valence-corrected chi connectivity index (χ2v) is 20.8. The van der Waals surface area contributed by atoms with Gasteiger partial charge in [-0.15, -0.1) is 29.7 Å². The Hall–Kier alpha value is -5.77. The number of hydrogen-bond donors (Lipinski definition) is 0. The molecule has 0 amide bonds. The van der Waals surface area contributed by atoms with E-state index in [4.69, 9.17) is 9.72 Å². The van der Waals surface area contributed by atoms with Crippen molar-refractivity contribution < 1.29 is 34.5 Å². The van der Waals surface area contributed by atoms with Crippen LogP contribution in [0.1, 0.15) is 109 Å². The standard InChI is InChI=1S/C58H58N4O.Pt/c1-55(2,3)39-29-30-59-53(34-39)62-49-24-14-13-21-46(49)47-28-27-44(36-52(47)62)63-43-20-17-19-42(35-43)60-37-61(51-26-16-15-25-50(51)60)54-45(22-18-23-48(54)58(10,11)12)38-31-40(56(4,5)6)33-41(32-38)57(7,8)9;/h13-34H,1-12H3;/q-2;/i31D,32D,33D;. The van der Waals surface area contributed by atoms with Gasteiger partial charge in [0.2, 0.25) is 0 Å². The smallest absolute Gasteiger partial charge is 0.268 e. The molecule has 6 heteroatoms. The summed E-state index contributed by atoms with van der Waals surface area (Å²) in [6, 6.07) is 44.8. The Labute approximate surface area is 398 Å². The summed E-state index contributed by atoms with van der Waals surface area (Å²) in [5.74, 6) is 1.89. The summed E-state index contributed by atoms with van der Waals surface area (Å²) in [4.78, 5) is 4.84. The first-order valence-electron chi connectivity index (χ1n) is 23.4. The van der Waals surface area contributed by atoms with Crippen molar-refractivity contribution >= 4 is 32.8 Å². The molecule has 0 saturated heterocycles. The van der Waals surface area contributed by atoms with Crippen molar-refractivity contribution in [3.05, 3.63) is 174 Å². The number of rotatable bonds is 6. The van der Waals surface area contributed by atoms with E-state index in [2.05, 4.69) is 171 Å². The minimum atomic E-state index is -0.506. The predicted molar refractivity (Wildman–Crippen MR) is 260 cm³/mol. The number of para-hydroxylation sites is 4. The molecular formula is C58H58N4OPt-2. The second-order valence-electron chi connectivity index (χ2n) is 20.8. The quantitative estimate of drug-likeness (QED) is 0.123. The maximum absolute atomic E-state index is 9.79. The maximum atomic E-state index is 9.79. The second kappa shape index (κ2) is 16.3. The first-order valence-corrected chi connectivity index (χ1v) is 21.9. The van der Waals surface area contributed by atoms with Crippen molar-refractivity contribution in [3.63, 3.8) is 0 Å². The fourth-order valence-corrected chi connectivity index (χ4v) is 8.27. The normalized spacial score (nSPS) is 13.2. The van der Waals surface area contributed by atoms with Crippen LogP contribution < -0.4 is 9.30 Å². The monoisotopic (exact) mass is 1020 g/mol. The number of nitrogens with zero attached hydrogens (tertiary/aromatic N) is 4. The molecule has 3 heterocycles. The van der Waals surface area contributed by atoms with E-state index in [0.29, 0.717) is 28.2 Å². The van der Waals surface area contributed by atoms with Crippen molar-refractivity contribution in [2.45, 2.75) is 105 Å². The van der Waals surface area contributed by atoms with Crippen LogP contribution in [0, 0.1) is 18.5 Å². The van der Waals surface area contributed by atoms with Gasteiger partial charge in [0.1, 0.15) is 5.82 Å². The van der Waals surface area contributed by atoms with Crippen LogP contribution in [-0.2, 0) is 42.7 Å². The molecule has 6 aromatic carbocycles. The first kappa shape index (κ1) is 41.0. The number of pyridine rings is 1. The summed E-state index contributed by atoms with van der Waals surface area (Å²) in [6.45, 7) is 25.5. The fourth-order valence-electron chi connectivity index (χ4n) is 8.27. The van der Waals surface area contributed by atoms with Gasteiger partial charge in [-0.2, -0.15) is 18.2 Å². The Kier molecular flexibility index (Phi) is 10.5. The summed E-state index contributed by atoms with van der Waals surface area (Å²) < 4.78 is 41.9. The van der Waals surface area contributed by atoms with Gasteiger partial charge in [0.15, 0.2) is 0 Å². The van der Waals surface area contributed by atoms with Gasteiger partial charge >= 0.3 is 0 Å². The molecule has 9 rings (SSSR count). The van der Waals surface area contributed by atoms with Crippen LogP contribution in [-0.4, -0.2) is 14.1 Å². The molecule has 9 aromatic rings. The van der Waals surface area contributed by atoms with Gasteiger partial charge in [-0.3, -0.25) is 4.57 Å². The third-order valence-electron chi connectivity index (χ3n) is 11.8. The number of hydrogen-bond acceptors (Lipinski definition) is 2. The molecule has 328 valence electrons. The number of imidazole rings is 1. The van der Waals surface area contributed by atoms with Gasteiger partial charge in [-0.1, -0.05) is 167 Å².